The van der Waals surface area contributed by atoms with Crippen molar-refractivity contribution in [2.75, 3.05) is 5.32 Å². The van der Waals surface area contributed by atoms with Gasteiger partial charge in [0.15, 0.2) is 5.11 Å². The van der Waals surface area contributed by atoms with Crippen LogP contribution >= 0.6 is 24.0 Å². The molecule has 0 unspecified atom stereocenters. The van der Waals surface area contributed by atoms with Crippen molar-refractivity contribution in [3.8, 4) is 0 Å². The largest absolute Gasteiger partial charge is 0.357 e. The first-order valence-corrected chi connectivity index (χ1v) is 12.5. The normalized spacial score (nSPS) is 14.8. The summed E-state index contributed by atoms with van der Waals surface area (Å²) in [6.45, 7) is 0. The van der Waals surface area contributed by atoms with E-state index in [1.165, 1.54) is 41.7 Å². The highest BCUT2D eigenvalue weighted by Crippen LogP contribution is 2.34. The number of benzene rings is 3. The SMILES string of the molecule is S=C(Nc1ccc(CSc2ccccc2)cc1)NC1(CCc2ccccc2)CCCC1. The number of hydrogen-bond donors (Lipinski definition) is 2. The summed E-state index contributed by atoms with van der Waals surface area (Å²) in [5.41, 5.74) is 3.88. The molecule has 0 saturated heterocycles. The number of thioether (sulfide) groups is 1. The van der Waals surface area contributed by atoms with Gasteiger partial charge in [-0.2, -0.15) is 0 Å². The number of aryl methyl sites for hydroxylation is 1. The highest BCUT2D eigenvalue weighted by Gasteiger charge is 2.33. The van der Waals surface area contributed by atoms with Crippen LogP contribution < -0.4 is 10.6 Å². The Labute approximate surface area is 195 Å². The highest BCUT2D eigenvalue weighted by molar-refractivity contribution is 7.98. The maximum atomic E-state index is 5.70. The molecule has 1 fully saturated rings. The van der Waals surface area contributed by atoms with Crippen molar-refractivity contribution in [1.82, 2.24) is 5.32 Å². The van der Waals surface area contributed by atoms with Gasteiger partial charge in [-0.1, -0.05) is 73.5 Å². The third kappa shape index (κ3) is 6.59. The fourth-order valence-corrected chi connectivity index (χ4v) is 5.50. The molecule has 0 atom stereocenters. The van der Waals surface area contributed by atoms with Crippen LogP contribution in [0.2, 0.25) is 0 Å². The second-order valence-corrected chi connectivity index (χ2v) is 9.81. The third-order valence-electron chi connectivity index (χ3n) is 6.03. The van der Waals surface area contributed by atoms with E-state index in [1.54, 1.807) is 0 Å². The van der Waals surface area contributed by atoms with Crippen LogP contribution in [0.25, 0.3) is 0 Å². The minimum Gasteiger partial charge on any atom is -0.357 e. The van der Waals surface area contributed by atoms with E-state index < -0.39 is 0 Å². The van der Waals surface area contributed by atoms with Gasteiger partial charge in [0.2, 0.25) is 0 Å². The average molecular weight is 447 g/mol. The van der Waals surface area contributed by atoms with Gasteiger partial charge < -0.3 is 10.6 Å². The second-order valence-electron chi connectivity index (χ2n) is 8.35. The molecule has 0 aromatic heterocycles. The lowest BCUT2D eigenvalue weighted by atomic mass is 9.89. The summed E-state index contributed by atoms with van der Waals surface area (Å²) in [6.07, 6.45) is 7.14. The molecule has 3 aromatic rings. The summed E-state index contributed by atoms with van der Waals surface area (Å²) < 4.78 is 0. The lowest BCUT2D eigenvalue weighted by Crippen LogP contribution is -2.48. The first kappa shape index (κ1) is 21.9. The molecule has 1 saturated carbocycles. The van der Waals surface area contributed by atoms with Crippen molar-refractivity contribution in [3.63, 3.8) is 0 Å². The molecule has 0 radical (unpaired) electrons. The van der Waals surface area contributed by atoms with Gasteiger partial charge in [-0.15, -0.1) is 11.8 Å². The Kier molecular flexibility index (Phi) is 7.66. The molecular formula is C27H30N2S2. The summed E-state index contributed by atoms with van der Waals surface area (Å²) in [6, 6.07) is 29.9. The zero-order chi connectivity index (χ0) is 21.4. The van der Waals surface area contributed by atoms with E-state index in [1.807, 2.05) is 11.8 Å². The van der Waals surface area contributed by atoms with Crippen LogP contribution in [0.3, 0.4) is 0 Å². The van der Waals surface area contributed by atoms with Gasteiger partial charge in [-0.05, 0) is 73.3 Å². The fraction of sp³-hybridized carbons (Fsp3) is 0.296. The van der Waals surface area contributed by atoms with Crippen molar-refractivity contribution in [2.24, 2.45) is 0 Å². The number of nitrogens with one attached hydrogen (secondary N) is 2. The zero-order valence-corrected chi connectivity index (χ0v) is 19.5. The smallest absolute Gasteiger partial charge is 0.171 e. The number of thiocarbonyl (C=S) groups is 1. The maximum Gasteiger partial charge on any atom is 0.171 e. The molecule has 0 amide bonds. The van der Waals surface area contributed by atoms with E-state index in [0.717, 1.165) is 29.4 Å². The van der Waals surface area contributed by atoms with Gasteiger partial charge in [0.05, 0.1) is 0 Å². The van der Waals surface area contributed by atoms with Gasteiger partial charge in [0, 0.05) is 21.9 Å². The minimum absolute atomic E-state index is 0.117. The molecule has 1 aliphatic carbocycles. The van der Waals surface area contributed by atoms with Crippen LogP contribution in [0.4, 0.5) is 5.69 Å². The van der Waals surface area contributed by atoms with Crippen molar-refractivity contribution in [3.05, 3.63) is 96.1 Å². The average Bonchev–Trinajstić information content (AvgIpc) is 3.27. The lowest BCUT2D eigenvalue weighted by molar-refractivity contribution is 0.362. The Morgan fingerprint density at radius 1 is 0.806 bits per heavy atom. The second kappa shape index (κ2) is 10.8. The van der Waals surface area contributed by atoms with Gasteiger partial charge in [0.1, 0.15) is 0 Å². The summed E-state index contributed by atoms with van der Waals surface area (Å²) in [5.74, 6) is 0.968. The number of anilines is 1. The Balaban J connectivity index is 1.29. The van der Waals surface area contributed by atoms with Gasteiger partial charge in [0.25, 0.3) is 0 Å². The molecule has 3 aromatic carbocycles. The molecular weight excluding hydrogens is 416 g/mol. The molecule has 160 valence electrons. The van der Waals surface area contributed by atoms with Gasteiger partial charge >= 0.3 is 0 Å². The summed E-state index contributed by atoms with van der Waals surface area (Å²) in [5, 5.41) is 7.83. The van der Waals surface area contributed by atoms with Crippen molar-refractivity contribution in [2.45, 2.75) is 54.7 Å². The van der Waals surface area contributed by atoms with E-state index in [2.05, 4.69) is 95.6 Å². The van der Waals surface area contributed by atoms with Crippen LogP contribution in [0, 0.1) is 0 Å². The van der Waals surface area contributed by atoms with Crippen molar-refractivity contribution in [1.29, 1.82) is 0 Å². The number of hydrogen-bond acceptors (Lipinski definition) is 2. The van der Waals surface area contributed by atoms with Crippen LogP contribution in [0.1, 0.15) is 43.2 Å². The first-order valence-electron chi connectivity index (χ1n) is 11.1. The van der Waals surface area contributed by atoms with Gasteiger partial charge in [-0.25, -0.2) is 0 Å². The van der Waals surface area contributed by atoms with Crippen molar-refractivity contribution < 1.29 is 0 Å². The summed E-state index contributed by atoms with van der Waals surface area (Å²) in [4.78, 5) is 1.30. The predicted octanol–water partition coefficient (Wildman–Crippen LogP) is 7.21. The van der Waals surface area contributed by atoms with Crippen LogP contribution in [-0.2, 0) is 12.2 Å². The molecule has 0 spiro atoms. The Bertz CT molecular complexity index is 950. The topological polar surface area (TPSA) is 24.1 Å². The van der Waals surface area contributed by atoms with Gasteiger partial charge in [-0.3, -0.25) is 0 Å². The molecule has 31 heavy (non-hydrogen) atoms. The molecule has 0 aliphatic heterocycles. The predicted molar refractivity (Wildman–Crippen MR) is 138 cm³/mol. The lowest BCUT2D eigenvalue weighted by Gasteiger charge is -2.32. The Hall–Kier alpha value is -2.30. The van der Waals surface area contributed by atoms with E-state index in [4.69, 9.17) is 12.2 Å². The maximum absolute atomic E-state index is 5.70. The van der Waals surface area contributed by atoms with Crippen LogP contribution in [0.5, 0.6) is 0 Å². The monoisotopic (exact) mass is 446 g/mol. The summed E-state index contributed by atoms with van der Waals surface area (Å²) >= 11 is 7.56. The molecule has 2 N–H and O–H groups in total. The fourth-order valence-electron chi connectivity index (χ4n) is 4.29. The van der Waals surface area contributed by atoms with Crippen molar-refractivity contribution >= 4 is 34.8 Å². The van der Waals surface area contributed by atoms with E-state index in [9.17, 15) is 0 Å². The standard InChI is InChI=1S/C27H30N2S2/c30-26(29-27(18-7-8-19-27)20-17-22-9-3-1-4-10-22)28-24-15-13-23(14-16-24)21-31-25-11-5-2-6-12-25/h1-6,9-16H,7-8,17-21H2,(H2,28,29,30). The van der Waals surface area contributed by atoms with E-state index in [-0.39, 0.29) is 5.54 Å². The molecule has 0 bridgehead atoms. The summed E-state index contributed by atoms with van der Waals surface area (Å²) in [7, 11) is 0. The molecule has 0 heterocycles. The zero-order valence-electron chi connectivity index (χ0n) is 17.8. The third-order valence-corrected chi connectivity index (χ3v) is 7.32. The Morgan fingerprint density at radius 2 is 1.45 bits per heavy atom. The highest BCUT2D eigenvalue weighted by atomic mass is 32.2. The minimum atomic E-state index is 0.117. The van der Waals surface area contributed by atoms with Crippen LogP contribution in [0.15, 0.2) is 89.8 Å². The van der Waals surface area contributed by atoms with Crippen LogP contribution in [-0.4, -0.2) is 10.7 Å². The molecule has 1 aliphatic rings. The number of rotatable bonds is 8. The molecule has 2 nitrogen and oxygen atoms in total. The molecule has 4 rings (SSSR count). The first-order chi connectivity index (χ1) is 15.2. The Morgan fingerprint density at radius 3 is 2.13 bits per heavy atom. The van der Waals surface area contributed by atoms with E-state index in [0.29, 0.717) is 0 Å². The van der Waals surface area contributed by atoms with E-state index >= 15 is 0 Å². The quantitative estimate of drug-likeness (QED) is 0.282. The molecule has 4 heteroatoms.